The summed E-state index contributed by atoms with van der Waals surface area (Å²) in [4.78, 5) is 48.7. The Morgan fingerprint density at radius 3 is 2.49 bits per heavy atom. The molecule has 2 amide bonds. The average Bonchev–Trinajstić information content (AvgIpc) is 3.20. The zero-order valence-corrected chi connectivity index (χ0v) is 21.1. The van der Waals surface area contributed by atoms with E-state index in [1.165, 1.54) is 11.3 Å². The van der Waals surface area contributed by atoms with E-state index in [4.69, 9.17) is 0 Å². The minimum atomic E-state index is -4.23. The molecule has 4 rings (SSSR count). The van der Waals surface area contributed by atoms with Crippen LogP contribution in [0.1, 0.15) is 26.6 Å². The van der Waals surface area contributed by atoms with E-state index in [9.17, 15) is 19.1 Å². The third-order valence-electron chi connectivity index (χ3n) is 5.18. The highest BCUT2D eigenvalue weighted by molar-refractivity contribution is 7.51. The first-order chi connectivity index (χ1) is 16.6. The molecular formula is C23H25N6O4PS. The molecule has 0 unspecified atom stereocenters. The lowest BCUT2D eigenvalue weighted by molar-refractivity contribution is 0.252. The number of aromatic nitrogens is 4. The molecule has 0 aliphatic carbocycles. The first kappa shape index (κ1) is 24.9. The van der Waals surface area contributed by atoms with Gasteiger partial charge in [-0.3, -0.25) is 14.9 Å². The lowest BCUT2D eigenvalue weighted by Gasteiger charge is -2.23. The Hall–Kier alpha value is -3.24. The van der Waals surface area contributed by atoms with E-state index in [0.29, 0.717) is 28.6 Å². The number of thiazole rings is 1. The quantitative estimate of drug-likeness (QED) is 0.266. The van der Waals surface area contributed by atoms with Crippen LogP contribution in [0.5, 0.6) is 0 Å². The van der Waals surface area contributed by atoms with Crippen LogP contribution < -0.4 is 10.6 Å². The van der Waals surface area contributed by atoms with Crippen molar-refractivity contribution in [1.29, 1.82) is 0 Å². The summed E-state index contributed by atoms with van der Waals surface area (Å²) in [6, 6.07) is 9.17. The van der Waals surface area contributed by atoms with E-state index in [1.807, 2.05) is 37.3 Å². The predicted octanol–water partition coefficient (Wildman–Crippen LogP) is 4.41. The molecule has 0 bridgehead atoms. The average molecular weight is 513 g/mol. The van der Waals surface area contributed by atoms with E-state index < -0.39 is 13.0 Å². The molecule has 4 aromatic rings. The fraction of sp³-hybridized carbons (Fsp3) is 0.261. The molecule has 12 heteroatoms. The number of nitrogens with one attached hydrogen (secondary N) is 2. The third kappa shape index (κ3) is 5.88. The van der Waals surface area contributed by atoms with Gasteiger partial charge in [-0.05, 0) is 36.8 Å². The summed E-state index contributed by atoms with van der Waals surface area (Å²) < 4.78 is 12.4. The maximum atomic E-state index is 12.0. The zero-order chi connectivity index (χ0) is 25.2. The molecule has 4 N–H and O–H groups in total. The first-order valence-corrected chi connectivity index (χ1v) is 13.5. The molecule has 3 aromatic heterocycles. The van der Waals surface area contributed by atoms with Crippen molar-refractivity contribution < 1.29 is 19.1 Å². The van der Waals surface area contributed by atoms with Crippen molar-refractivity contribution >= 4 is 40.3 Å². The number of urea groups is 1. The first-order valence-electron chi connectivity index (χ1n) is 10.8. The van der Waals surface area contributed by atoms with Gasteiger partial charge in [-0.1, -0.05) is 31.3 Å². The largest absolute Gasteiger partial charge is 0.338 e. The normalized spacial score (nSPS) is 12.0. The van der Waals surface area contributed by atoms with Gasteiger partial charge in [0.1, 0.15) is 5.82 Å². The van der Waals surface area contributed by atoms with Crippen molar-refractivity contribution in [2.75, 3.05) is 18.0 Å². The van der Waals surface area contributed by atoms with Crippen molar-refractivity contribution in [3.63, 3.8) is 0 Å². The molecule has 0 saturated carbocycles. The summed E-state index contributed by atoms with van der Waals surface area (Å²) >= 11 is 1.36. The lowest BCUT2D eigenvalue weighted by Crippen LogP contribution is -2.28. The number of hydrogen-bond donors (Lipinski definition) is 4. The Morgan fingerprint density at radius 1 is 1.11 bits per heavy atom. The van der Waals surface area contributed by atoms with Crippen LogP contribution in [0.25, 0.3) is 32.6 Å². The van der Waals surface area contributed by atoms with E-state index in [2.05, 4.69) is 30.6 Å². The Bertz CT molecular complexity index is 1400. The Kier molecular flexibility index (Phi) is 6.95. The summed E-state index contributed by atoms with van der Waals surface area (Å²) in [6.45, 7) is 5.74. The monoisotopic (exact) mass is 512 g/mol. The SMILES string of the molecule is CCNC(=O)Nc1nc2cc(-c3cnc(C(C)(C)CP(=O)(O)O)nc3)cc(-c3ccccn3)c2s1. The fourth-order valence-corrected chi connectivity index (χ4v) is 5.81. The van der Waals surface area contributed by atoms with Gasteiger partial charge in [0.25, 0.3) is 0 Å². The number of benzene rings is 1. The predicted molar refractivity (Wildman–Crippen MR) is 137 cm³/mol. The van der Waals surface area contributed by atoms with Crippen LogP contribution in [0.4, 0.5) is 9.93 Å². The molecule has 0 aliphatic rings. The molecule has 1 aromatic carbocycles. The van der Waals surface area contributed by atoms with Crippen LogP contribution in [0.15, 0.2) is 48.9 Å². The van der Waals surface area contributed by atoms with Crippen molar-refractivity contribution in [2.45, 2.75) is 26.2 Å². The molecule has 182 valence electrons. The lowest BCUT2D eigenvalue weighted by atomic mass is 9.95. The Morgan fingerprint density at radius 2 is 1.86 bits per heavy atom. The van der Waals surface area contributed by atoms with Gasteiger partial charge in [0.15, 0.2) is 5.13 Å². The molecule has 35 heavy (non-hydrogen) atoms. The van der Waals surface area contributed by atoms with Crippen molar-refractivity contribution in [3.8, 4) is 22.4 Å². The second-order valence-electron chi connectivity index (χ2n) is 8.59. The van der Waals surface area contributed by atoms with Gasteiger partial charge in [-0.2, -0.15) is 0 Å². The van der Waals surface area contributed by atoms with E-state index in [0.717, 1.165) is 21.5 Å². The summed E-state index contributed by atoms with van der Waals surface area (Å²) in [7, 11) is -4.23. The number of hydrogen-bond acceptors (Lipinski definition) is 7. The molecule has 0 saturated heterocycles. The summed E-state index contributed by atoms with van der Waals surface area (Å²) in [5.41, 5.74) is 2.91. The smallest absolute Gasteiger partial charge is 0.326 e. The third-order valence-corrected chi connectivity index (χ3v) is 7.40. The molecule has 0 spiro atoms. The number of carbonyl (C=O) groups excluding carboxylic acids is 1. The number of fused-ring (bicyclic) bond motifs is 1. The van der Waals surface area contributed by atoms with Crippen LogP contribution >= 0.6 is 18.9 Å². The summed E-state index contributed by atoms with van der Waals surface area (Å²) in [5.74, 6) is 0.345. The second-order valence-corrected chi connectivity index (χ2v) is 11.2. The van der Waals surface area contributed by atoms with Crippen LogP contribution in [0.2, 0.25) is 0 Å². The van der Waals surface area contributed by atoms with Gasteiger partial charge in [0.2, 0.25) is 0 Å². The Labute approximate surface area is 206 Å². The number of carbonyl (C=O) groups is 1. The molecule has 3 heterocycles. The fourth-order valence-electron chi connectivity index (χ4n) is 3.68. The molecule has 0 aliphatic heterocycles. The number of rotatable bonds is 7. The highest BCUT2D eigenvalue weighted by atomic mass is 32.1. The molecule has 0 radical (unpaired) electrons. The zero-order valence-electron chi connectivity index (χ0n) is 19.4. The second kappa shape index (κ2) is 9.79. The van der Waals surface area contributed by atoms with E-state index >= 15 is 0 Å². The maximum absolute atomic E-state index is 12.0. The standard InChI is InChI=1S/C23H25N6O4PS/c1-4-24-21(30)29-22-28-18-10-14(9-16(19(18)35-22)17-7-5-6-8-25-17)15-11-26-20(27-12-15)23(2,3)13-34(31,32)33/h5-12H,4,13H2,1-3H3,(H2,31,32,33)(H2,24,28,29,30). The number of nitrogens with zero attached hydrogens (tertiary/aromatic N) is 4. The minimum Gasteiger partial charge on any atom is -0.338 e. The number of pyridine rings is 1. The van der Waals surface area contributed by atoms with Gasteiger partial charge in [-0.25, -0.2) is 19.7 Å². The van der Waals surface area contributed by atoms with Crippen LogP contribution in [0, 0.1) is 0 Å². The number of amides is 2. The van der Waals surface area contributed by atoms with E-state index in [1.54, 1.807) is 32.4 Å². The van der Waals surface area contributed by atoms with Gasteiger partial charge in [-0.15, -0.1) is 0 Å². The molecule has 10 nitrogen and oxygen atoms in total. The maximum Gasteiger partial charge on any atom is 0.326 e. The van der Waals surface area contributed by atoms with Crippen LogP contribution in [-0.2, 0) is 9.98 Å². The van der Waals surface area contributed by atoms with Crippen molar-refractivity contribution in [1.82, 2.24) is 25.3 Å². The van der Waals surface area contributed by atoms with Gasteiger partial charge in [0.05, 0.1) is 22.1 Å². The van der Waals surface area contributed by atoms with Gasteiger partial charge in [0, 0.05) is 41.7 Å². The molecule has 0 atom stereocenters. The van der Waals surface area contributed by atoms with Crippen molar-refractivity contribution in [3.05, 3.63) is 54.7 Å². The highest BCUT2D eigenvalue weighted by Gasteiger charge is 2.32. The number of anilines is 1. The van der Waals surface area contributed by atoms with Crippen LogP contribution in [-0.4, -0.2) is 48.5 Å². The van der Waals surface area contributed by atoms with Gasteiger partial charge < -0.3 is 15.1 Å². The van der Waals surface area contributed by atoms with Crippen molar-refractivity contribution in [2.24, 2.45) is 0 Å². The van der Waals surface area contributed by atoms with Crippen LogP contribution in [0.3, 0.4) is 0 Å². The molecular weight excluding hydrogens is 487 g/mol. The topological polar surface area (TPSA) is 150 Å². The highest BCUT2D eigenvalue weighted by Crippen LogP contribution is 2.42. The van der Waals surface area contributed by atoms with Gasteiger partial charge >= 0.3 is 13.6 Å². The molecule has 0 fully saturated rings. The minimum absolute atomic E-state index is 0.326. The summed E-state index contributed by atoms with van der Waals surface area (Å²) in [6.07, 6.45) is 4.62. The Balaban J connectivity index is 1.76. The van der Waals surface area contributed by atoms with E-state index in [-0.39, 0.29) is 12.2 Å². The summed E-state index contributed by atoms with van der Waals surface area (Å²) in [5, 5.41) is 5.92.